The highest BCUT2D eigenvalue weighted by Crippen LogP contribution is 2.23. The van der Waals surface area contributed by atoms with Gasteiger partial charge in [-0.3, -0.25) is 4.79 Å². The molecule has 4 atom stereocenters. The van der Waals surface area contributed by atoms with Gasteiger partial charge in [0.1, 0.15) is 10.9 Å². The van der Waals surface area contributed by atoms with Gasteiger partial charge in [-0.15, -0.1) is 11.8 Å². The molecule has 4 unspecified atom stereocenters. The van der Waals surface area contributed by atoms with Gasteiger partial charge in [-0.1, -0.05) is 6.92 Å². The van der Waals surface area contributed by atoms with Gasteiger partial charge in [0, 0.05) is 56.7 Å². The van der Waals surface area contributed by atoms with Gasteiger partial charge >= 0.3 is 5.97 Å². The van der Waals surface area contributed by atoms with Crippen molar-refractivity contribution in [3.8, 4) is 0 Å². The van der Waals surface area contributed by atoms with E-state index in [1.807, 2.05) is 45.7 Å². The molecule has 8 heteroatoms. The van der Waals surface area contributed by atoms with Crippen LogP contribution in [-0.4, -0.2) is 61.0 Å². The molecule has 0 spiro atoms. The molecular weight excluding hydrogens is 574 g/mol. The van der Waals surface area contributed by atoms with E-state index in [0.717, 1.165) is 0 Å². The largest absolute Gasteiger partial charge is 0.459 e. The number of halogens is 2. The van der Waals surface area contributed by atoms with Crippen LogP contribution in [0.2, 0.25) is 0 Å². The fourth-order valence-electron chi connectivity index (χ4n) is 1.06. The van der Waals surface area contributed by atoms with Gasteiger partial charge in [0.05, 0.1) is 12.2 Å². The molecule has 0 rings (SSSR count). The van der Waals surface area contributed by atoms with Gasteiger partial charge in [0.25, 0.3) is 0 Å². The van der Waals surface area contributed by atoms with Crippen LogP contribution in [0, 0.1) is 0 Å². The van der Waals surface area contributed by atoms with Crippen molar-refractivity contribution in [2.24, 2.45) is 0 Å². The number of carbonyl (C=O) groups is 1. The van der Waals surface area contributed by atoms with E-state index in [1.165, 1.54) is 11.8 Å². The van der Waals surface area contributed by atoms with Crippen molar-refractivity contribution in [2.75, 3.05) is 26.7 Å². The van der Waals surface area contributed by atoms with Crippen molar-refractivity contribution in [1.82, 2.24) is 0 Å². The molecule has 148 valence electrons. The van der Waals surface area contributed by atoms with Gasteiger partial charge in [-0.25, -0.2) is 0 Å². The molecule has 0 aliphatic rings. The number of carbonyl (C=O) groups excluding carboxylic acids is 1. The SMILES string of the molecule is COC(C)C(C)OC(=O)C(C)(C)SC.COC(C)C(C)SC.II. The molecule has 0 saturated heterocycles. The van der Waals surface area contributed by atoms with Crippen LogP contribution in [0.1, 0.15) is 41.5 Å². The summed E-state index contributed by atoms with van der Waals surface area (Å²) in [6.45, 7) is 11.7. The smallest absolute Gasteiger partial charge is 0.321 e. The molecule has 0 aliphatic carbocycles. The van der Waals surface area contributed by atoms with Crippen LogP contribution < -0.4 is 0 Å². The first-order chi connectivity index (χ1) is 11.1. The lowest BCUT2D eigenvalue weighted by Crippen LogP contribution is -2.36. The van der Waals surface area contributed by atoms with Crippen molar-refractivity contribution in [3.05, 3.63) is 0 Å². The standard InChI is InChI=1S/C10H20O3S.C6H14OS.I2/c1-7(12-5)8(2)13-9(11)10(3,4)14-6;1-5(7-3)6(2)8-4;1-2/h7-8H,1-6H3;5-6H,1-4H3;. The van der Waals surface area contributed by atoms with Crippen LogP contribution in [0.15, 0.2) is 0 Å². The number of methoxy groups -OCH3 is 2. The van der Waals surface area contributed by atoms with E-state index in [2.05, 4.69) is 57.3 Å². The Morgan fingerprint density at radius 3 is 1.58 bits per heavy atom. The Hall–Kier alpha value is 1.55. The molecule has 0 fully saturated rings. The zero-order chi connectivity index (χ0) is 19.9. The molecule has 0 aromatic heterocycles. The van der Waals surface area contributed by atoms with Crippen molar-refractivity contribution >= 4 is 66.7 Å². The molecule has 0 N–H and O–H groups in total. The van der Waals surface area contributed by atoms with E-state index in [9.17, 15) is 4.79 Å². The predicted molar refractivity (Wildman–Crippen MR) is 127 cm³/mol. The predicted octanol–water partition coefficient (Wildman–Crippen LogP) is 5.64. The van der Waals surface area contributed by atoms with Crippen molar-refractivity contribution < 1.29 is 19.0 Å². The minimum absolute atomic E-state index is 0.0726. The summed E-state index contributed by atoms with van der Waals surface area (Å²) in [6, 6.07) is 0. The summed E-state index contributed by atoms with van der Waals surface area (Å²) in [5.74, 6) is -0.193. The maximum atomic E-state index is 11.6. The van der Waals surface area contributed by atoms with E-state index < -0.39 is 4.75 Å². The molecule has 24 heavy (non-hydrogen) atoms. The Balaban J connectivity index is -0.000000374. The highest BCUT2D eigenvalue weighted by atomic mass is 128. The van der Waals surface area contributed by atoms with E-state index in [-0.39, 0.29) is 18.2 Å². The lowest BCUT2D eigenvalue weighted by molar-refractivity contribution is -0.156. The minimum Gasteiger partial charge on any atom is -0.459 e. The summed E-state index contributed by atoms with van der Waals surface area (Å²) >= 11 is 7.55. The highest BCUT2D eigenvalue weighted by molar-refractivity contribution is 15.0. The summed E-state index contributed by atoms with van der Waals surface area (Å²) in [5.41, 5.74) is 0. The Bertz CT molecular complexity index is 300. The van der Waals surface area contributed by atoms with Crippen molar-refractivity contribution in [1.29, 1.82) is 0 Å². The van der Waals surface area contributed by atoms with Crippen LogP contribution in [0.5, 0.6) is 0 Å². The molecule has 0 bridgehead atoms. The van der Waals surface area contributed by atoms with Crippen LogP contribution in [-0.2, 0) is 19.0 Å². The Kier molecular flexibility index (Phi) is 22.6. The lowest BCUT2D eigenvalue weighted by Gasteiger charge is -2.25. The van der Waals surface area contributed by atoms with E-state index >= 15 is 0 Å². The third-order valence-electron chi connectivity index (χ3n) is 3.73. The zero-order valence-corrected chi connectivity index (χ0v) is 22.5. The third-order valence-corrected chi connectivity index (χ3v) is 6.05. The van der Waals surface area contributed by atoms with E-state index in [4.69, 9.17) is 14.2 Å². The molecule has 0 amide bonds. The van der Waals surface area contributed by atoms with Crippen LogP contribution in [0.3, 0.4) is 0 Å². The van der Waals surface area contributed by atoms with Crippen molar-refractivity contribution in [3.63, 3.8) is 0 Å². The van der Waals surface area contributed by atoms with Crippen LogP contribution in [0.4, 0.5) is 0 Å². The summed E-state index contributed by atoms with van der Waals surface area (Å²) < 4.78 is 14.9. The number of esters is 1. The topological polar surface area (TPSA) is 44.8 Å². The Morgan fingerprint density at radius 2 is 1.33 bits per heavy atom. The van der Waals surface area contributed by atoms with Gasteiger partial charge in [0.15, 0.2) is 0 Å². The fourth-order valence-corrected chi connectivity index (χ4v) is 1.77. The first kappa shape index (κ1) is 30.3. The quantitative estimate of drug-likeness (QED) is 0.263. The fraction of sp³-hybridized carbons (Fsp3) is 0.938. The Morgan fingerprint density at radius 1 is 0.917 bits per heavy atom. The number of ether oxygens (including phenoxy) is 3. The first-order valence-corrected chi connectivity index (χ1v) is 16.4. The minimum atomic E-state index is -0.484. The number of hydrogen-bond acceptors (Lipinski definition) is 6. The summed E-state index contributed by atoms with van der Waals surface area (Å²) in [5, 5.41) is 0.611. The van der Waals surface area contributed by atoms with Gasteiger partial charge in [0.2, 0.25) is 0 Å². The summed E-state index contributed by atoms with van der Waals surface area (Å²) in [4.78, 5) is 11.6. The zero-order valence-electron chi connectivity index (χ0n) is 16.5. The number of thioether (sulfide) groups is 2. The molecule has 0 aromatic carbocycles. The average molecular weight is 608 g/mol. The molecule has 0 heterocycles. The van der Waals surface area contributed by atoms with Crippen molar-refractivity contribution in [2.45, 2.75) is 69.9 Å². The maximum Gasteiger partial charge on any atom is 0.321 e. The van der Waals surface area contributed by atoms with Gasteiger partial charge in [-0.05, 0) is 47.1 Å². The van der Waals surface area contributed by atoms with Gasteiger partial charge < -0.3 is 14.2 Å². The van der Waals surface area contributed by atoms with Crippen LogP contribution in [0.25, 0.3) is 0 Å². The molecule has 0 aromatic rings. The molecule has 0 saturated carbocycles. The summed E-state index contributed by atoms with van der Waals surface area (Å²) in [6.07, 6.45) is 4.09. The highest BCUT2D eigenvalue weighted by Gasteiger charge is 2.30. The monoisotopic (exact) mass is 608 g/mol. The van der Waals surface area contributed by atoms with E-state index in [0.29, 0.717) is 11.4 Å². The number of rotatable bonds is 8. The molecule has 4 nitrogen and oxygen atoms in total. The van der Waals surface area contributed by atoms with E-state index in [1.54, 1.807) is 14.2 Å². The first-order valence-electron chi connectivity index (χ1n) is 7.56. The summed E-state index contributed by atoms with van der Waals surface area (Å²) in [7, 11) is 3.35. The third kappa shape index (κ3) is 14.7. The van der Waals surface area contributed by atoms with Crippen LogP contribution >= 0.6 is 60.8 Å². The molecule has 0 radical (unpaired) electrons. The van der Waals surface area contributed by atoms with Gasteiger partial charge in [-0.2, -0.15) is 11.8 Å². The second kappa shape index (κ2) is 17.9. The average Bonchev–Trinajstić information content (AvgIpc) is 2.61. The molecular formula is C16H34I2O4S2. The Labute approximate surface area is 181 Å². The number of hydrogen-bond donors (Lipinski definition) is 0. The molecule has 0 aliphatic heterocycles. The normalized spacial score (nSPS) is 15.7. The second-order valence-corrected chi connectivity index (χ2v) is 8.29. The maximum absolute atomic E-state index is 11.6. The second-order valence-electron chi connectivity index (χ2n) is 5.65. The lowest BCUT2D eigenvalue weighted by atomic mass is 10.2.